The van der Waals surface area contributed by atoms with E-state index in [1.807, 2.05) is 16.7 Å². The molecule has 2 aromatic rings. The van der Waals surface area contributed by atoms with Crippen molar-refractivity contribution < 1.29 is 23.7 Å². The summed E-state index contributed by atoms with van der Waals surface area (Å²) in [7, 11) is 3.34. The number of fused-ring (bicyclic) bond motifs is 3. The molecular formula is C27H35NO6. The van der Waals surface area contributed by atoms with Crippen LogP contribution in [0.1, 0.15) is 62.5 Å². The number of nitrogens with zero attached hydrogens (tertiary/aromatic N) is 1. The van der Waals surface area contributed by atoms with Crippen LogP contribution in [-0.4, -0.2) is 44.6 Å². The van der Waals surface area contributed by atoms with Crippen molar-refractivity contribution in [1.82, 2.24) is 4.57 Å². The lowest BCUT2D eigenvalue weighted by Crippen LogP contribution is -2.33. The van der Waals surface area contributed by atoms with Crippen LogP contribution < -0.4 is 14.9 Å². The van der Waals surface area contributed by atoms with E-state index in [1.54, 1.807) is 33.4 Å². The van der Waals surface area contributed by atoms with Gasteiger partial charge in [-0.3, -0.25) is 4.79 Å². The lowest BCUT2D eigenvalue weighted by molar-refractivity contribution is 0.0523. The summed E-state index contributed by atoms with van der Waals surface area (Å²) in [4.78, 5) is 25.3. The van der Waals surface area contributed by atoms with E-state index in [2.05, 4.69) is 20.8 Å². The minimum Gasteiger partial charge on any atom is -0.493 e. The minimum atomic E-state index is -0.590. The van der Waals surface area contributed by atoms with Gasteiger partial charge in [0, 0.05) is 36.4 Å². The van der Waals surface area contributed by atoms with E-state index in [4.69, 9.17) is 18.9 Å². The fourth-order valence-electron chi connectivity index (χ4n) is 4.74. The lowest BCUT2D eigenvalue weighted by Gasteiger charge is -2.39. The van der Waals surface area contributed by atoms with Gasteiger partial charge < -0.3 is 23.5 Å². The number of carbonyl (C=O) groups is 1. The second-order valence-corrected chi connectivity index (χ2v) is 10.5. The van der Waals surface area contributed by atoms with Crippen molar-refractivity contribution in [1.29, 1.82) is 0 Å². The first-order chi connectivity index (χ1) is 16.1. The second kappa shape index (κ2) is 9.10. The third-order valence-electron chi connectivity index (χ3n) is 6.93. The quantitative estimate of drug-likeness (QED) is 0.524. The van der Waals surface area contributed by atoms with Gasteiger partial charge in [-0.1, -0.05) is 20.8 Å². The van der Waals surface area contributed by atoms with Crippen molar-refractivity contribution >= 4 is 5.97 Å². The van der Waals surface area contributed by atoms with Crippen molar-refractivity contribution in [3.8, 4) is 22.8 Å². The molecule has 1 saturated carbocycles. The van der Waals surface area contributed by atoms with Crippen LogP contribution in [0.5, 0.6) is 11.5 Å². The summed E-state index contributed by atoms with van der Waals surface area (Å²) in [5.74, 6) is 0.734. The van der Waals surface area contributed by atoms with E-state index < -0.39 is 5.97 Å². The predicted octanol–water partition coefficient (Wildman–Crippen LogP) is 4.65. The molecule has 1 unspecified atom stereocenters. The number of carbonyl (C=O) groups excluding carboxylic acids is 1. The Labute approximate surface area is 201 Å². The molecule has 7 heteroatoms. The largest absolute Gasteiger partial charge is 0.493 e. The molecule has 34 heavy (non-hydrogen) atoms. The molecule has 2 heterocycles. The van der Waals surface area contributed by atoms with Crippen LogP contribution in [0.25, 0.3) is 11.3 Å². The molecule has 1 fully saturated rings. The highest BCUT2D eigenvalue weighted by atomic mass is 16.5. The van der Waals surface area contributed by atoms with E-state index in [1.165, 1.54) is 0 Å². The summed E-state index contributed by atoms with van der Waals surface area (Å²) in [6.45, 7) is 9.71. The molecule has 1 aromatic carbocycles. The highest BCUT2D eigenvalue weighted by molar-refractivity contribution is 5.89. The Morgan fingerprint density at radius 1 is 1.12 bits per heavy atom. The summed E-state index contributed by atoms with van der Waals surface area (Å²) in [6.07, 6.45) is 4.59. The monoisotopic (exact) mass is 469 g/mol. The van der Waals surface area contributed by atoms with Crippen molar-refractivity contribution in [3.05, 3.63) is 45.7 Å². The molecule has 184 valence electrons. The molecule has 1 aromatic heterocycles. The molecule has 0 bridgehead atoms. The first kappa shape index (κ1) is 24.3. The van der Waals surface area contributed by atoms with Gasteiger partial charge in [0.1, 0.15) is 5.56 Å². The number of rotatable bonds is 8. The zero-order chi connectivity index (χ0) is 24.7. The number of methoxy groups -OCH3 is 2. The predicted molar refractivity (Wildman–Crippen MR) is 130 cm³/mol. The Hall–Kier alpha value is -2.80. The van der Waals surface area contributed by atoms with E-state index >= 15 is 0 Å². The summed E-state index contributed by atoms with van der Waals surface area (Å²) in [5, 5.41) is 0. The molecule has 4 rings (SSSR count). The van der Waals surface area contributed by atoms with Gasteiger partial charge in [-0.15, -0.1) is 0 Å². The van der Waals surface area contributed by atoms with Gasteiger partial charge >= 0.3 is 5.97 Å². The fraction of sp³-hybridized carbons (Fsp3) is 0.556. The van der Waals surface area contributed by atoms with E-state index in [0.717, 1.165) is 36.1 Å². The average Bonchev–Trinajstić information content (AvgIpc) is 3.55. The zero-order valence-electron chi connectivity index (χ0n) is 21.0. The van der Waals surface area contributed by atoms with Crippen LogP contribution in [0.2, 0.25) is 0 Å². The number of pyridine rings is 1. The van der Waals surface area contributed by atoms with Crippen LogP contribution in [-0.2, 0) is 15.9 Å². The van der Waals surface area contributed by atoms with E-state index in [9.17, 15) is 9.59 Å². The Morgan fingerprint density at radius 3 is 2.44 bits per heavy atom. The highest BCUT2D eigenvalue weighted by Gasteiger charge is 2.44. The molecule has 0 radical (unpaired) electrons. The Morgan fingerprint density at radius 2 is 1.85 bits per heavy atom. The van der Waals surface area contributed by atoms with Gasteiger partial charge in [-0.2, -0.15) is 0 Å². The minimum absolute atomic E-state index is 0.0355. The maximum atomic E-state index is 12.9. The molecule has 1 aliphatic heterocycles. The van der Waals surface area contributed by atoms with Crippen molar-refractivity contribution in [3.63, 3.8) is 0 Å². The number of ether oxygens (including phenoxy) is 4. The number of hydrogen-bond acceptors (Lipinski definition) is 6. The number of esters is 1. The third kappa shape index (κ3) is 4.58. The number of benzene rings is 1. The van der Waals surface area contributed by atoms with Crippen LogP contribution in [0.3, 0.4) is 0 Å². The molecule has 1 aliphatic carbocycles. The first-order valence-corrected chi connectivity index (χ1v) is 11.9. The lowest BCUT2D eigenvalue weighted by atomic mass is 9.78. The van der Waals surface area contributed by atoms with E-state index in [-0.39, 0.29) is 34.5 Å². The van der Waals surface area contributed by atoms with Gasteiger partial charge in [-0.05, 0) is 49.3 Å². The Bertz CT molecular complexity index is 1140. The molecule has 0 amide bonds. The topological polar surface area (TPSA) is 76.0 Å². The van der Waals surface area contributed by atoms with Gasteiger partial charge in [-0.25, -0.2) is 4.79 Å². The van der Waals surface area contributed by atoms with Gasteiger partial charge in [0.05, 0.1) is 32.6 Å². The maximum Gasteiger partial charge on any atom is 0.343 e. The standard InChI is InChI=1S/C27H35NO6/c1-7-33-25(30)19-14-28-20(13-21(19)29)18-12-22(32-6)23(34-16-27(8-9-27)15-31-5)10-17(18)11-24(28)26(2,3)4/h10,12-14,24H,7-9,11,15-16H2,1-6H3. The molecule has 0 N–H and O–H groups in total. The molecule has 0 saturated heterocycles. The Kier molecular flexibility index (Phi) is 6.51. The molecule has 0 spiro atoms. The summed E-state index contributed by atoms with van der Waals surface area (Å²) >= 11 is 0. The van der Waals surface area contributed by atoms with Gasteiger partial charge in [0.25, 0.3) is 0 Å². The smallest absolute Gasteiger partial charge is 0.343 e. The number of hydrogen-bond donors (Lipinski definition) is 0. The van der Waals surface area contributed by atoms with Crippen molar-refractivity contribution in [2.45, 2.75) is 53.0 Å². The Balaban J connectivity index is 1.79. The maximum absolute atomic E-state index is 12.9. The SMILES string of the molecule is CCOC(=O)c1cn2c(cc1=O)-c1cc(OC)c(OCC3(COC)CC3)cc1CC2C(C)(C)C. The van der Waals surface area contributed by atoms with Crippen molar-refractivity contribution in [2.75, 3.05) is 34.0 Å². The van der Waals surface area contributed by atoms with E-state index in [0.29, 0.717) is 24.7 Å². The third-order valence-corrected chi connectivity index (χ3v) is 6.93. The summed E-state index contributed by atoms with van der Waals surface area (Å²) in [5.41, 5.74) is 2.45. The summed E-state index contributed by atoms with van der Waals surface area (Å²) in [6, 6.07) is 5.56. The van der Waals surface area contributed by atoms with Crippen LogP contribution >= 0.6 is 0 Å². The average molecular weight is 470 g/mol. The molecule has 2 aliphatic rings. The molecule has 1 atom stereocenters. The summed E-state index contributed by atoms with van der Waals surface area (Å²) < 4.78 is 24.5. The molecule has 7 nitrogen and oxygen atoms in total. The first-order valence-electron chi connectivity index (χ1n) is 11.9. The molecular weight excluding hydrogens is 434 g/mol. The normalized spacial score (nSPS) is 18.0. The number of aromatic nitrogens is 1. The van der Waals surface area contributed by atoms with Crippen LogP contribution in [0, 0.1) is 10.8 Å². The van der Waals surface area contributed by atoms with Crippen LogP contribution in [0.15, 0.2) is 29.2 Å². The van der Waals surface area contributed by atoms with Crippen LogP contribution in [0.4, 0.5) is 0 Å². The van der Waals surface area contributed by atoms with Gasteiger partial charge in [0.15, 0.2) is 16.9 Å². The highest BCUT2D eigenvalue weighted by Crippen LogP contribution is 2.48. The fourth-order valence-corrected chi connectivity index (χ4v) is 4.74. The second-order valence-electron chi connectivity index (χ2n) is 10.5. The zero-order valence-corrected chi connectivity index (χ0v) is 21.0. The van der Waals surface area contributed by atoms with Crippen molar-refractivity contribution in [2.24, 2.45) is 10.8 Å². The van der Waals surface area contributed by atoms with Gasteiger partial charge in [0.2, 0.25) is 0 Å².